The molecule has 0 bridgehead atoms. The summed E-state index contributed by atoms with van der Waals surface area (Å²) in [6.45, 7) is 2.00. The van der Waals surface area contributed by atoms with E-state index in [4.69, 9.17) is 0 Å². The van der Waals surface area contributed by atoms with Crippen molar-refractivity contribution < 1.29 is 9.59 Å². The molecule has 2 aromatic heterocycles. The van der Waals surface area contributed by atoms with E-state index in [2.05, 4.69) is 26.0 Å². The van der Waals surface area contributed by atoms with Gasteiger partial charge in [-0.2, -0.15) is 5.10 Å². The maximum atomic E-state index is 12.5. The number of aromatic amines is 1. The first-order valence-electron chi connectivity index (χ1n) is 8.69. The van der Waals surface area contributed by atoms with Crippen molar-refractivity contribution in [2.45, 2.75) is 6.92 Å². The summed E-state index contributed by atoms with van der Waals surface area (Å²) in [5.74, 6) is -0.914. The molecule has 7 nitrogen and oxygen atoms in total. The molecule has 0 saturated heterocycles. The summed E-state index contributed by atoms with van der Waals surface area (Å²) in [4.78, 5) is 29.0. The summed E-state index contributed by atoms with van der Waals surface area (Å²) in [5, 5.41) is 7.55. The van der Waals surface area contributed by atoms with Gasteiger partial charge in [0.05, 0.1) is 16.8 Å². The van der Waals surface area contributed by atoms with Gasteiger partial charge in [0.25, 0.3) is 11.8 Å². The van der Waals surface area contributed by atoms with E-state index in [0.717, 1.165) is 11.1 Å². The summed E-state index contributed by atoms with van der Waals surface area (Å²) >= 11 is 0. The molecule has 7 heteroatoms. The molecule has 0 fully saturated rings. The molecule has 0 aliphatic heterocycles. The Labute approximate surface area is 160 Å². The Kier molecular flexibility index (Phi) is 4.55. The van der Waals surface area contributed by atoms with Crippen LogP contribution in [0.1, 0.15) is 26.4 Å². The standard InChI is InChI=1S/C21H17N5O2/c1-13-7-9-14(10-8-13)18-12-19(24-23-18)21(28)26-25-20(27)16-4-2-6-17-15(16)5-3-11-22-17/h2-12H,1H3,(H,23,24)(H,25,27)(H,26,28). The number of aromatic nitrogens is 3. The molecule has 4 aromatic rings. The number of rotatable bonds is 3. The topological polar surface area (TPSA) is 99.8 Å². The second-order valence-corrected chi connectivity index (χ2v) is 6.32. The Morgan fingerprint density at radius 1 is 0.929 bits per heavy atom. The van der Waals surface area contributed by atoms with E-state index in [0.29, 0.717) is 22.2 Å². The molecule has 0 atom stereocenters. The molecule has 2 amide bonds. The molecule has 28 heavy (non-hydrogen) atoms. The van der Waals surface area contributed by atoms with Crippen LogP contribution in [0.15, 0.2) is 66.9 Å². The molecular weight excluding hydrogens is 354 g/mol. The van der Waals surface area contributed by atoms with Crippen molar-refractivity contribution in [2.75, 3.05) is 0 Å². The number of aryl methyl sites for hydroxylation is 1. The molecule has 3 N–H and O–H groups in total. The van der Waals surface area contributed by atoms with E-state index in [-0.39, 0.29) is 5.69 Å². The fourth-order valence-electron chi connectivity index (χ4n) is 2.86. The molecular formula is C21H17N5O2. The minimum atomic E-state index is -0.488. The summed E-state index contributed by atoms with van der Waals surface area (Å²) in [7, 11) is 0. The number of carbonyl (C=O) groups excluding carboxylic acids is 2. The lowest BCUT2D eigenvalue weighted by Gasteiger charge is -2.08. The Morgan fingerprint density at radius 3 is 2.54 bits per heavy atom. The molecule has 0 aliphatic rings. The van der Waals surface area contributed by atoms with Gasteiger partial charge in [-0.1, -0.05) is 42.0 Å². The van der Waals surface area contributed by atoms with E-state index in [9.17, 15) is 9.59 Å². The monoisotopic (exact) mass is 371 g/mol. The molecule has 0 unspecified atom stereocenters. The number of fused-ring (bicyclic) bond motifs is 1. The summed E-state index contributed by atoms with van der Waals surface area (Å²) in [5.41, 5.74) is 8.90. The van der Waals surface area contributed by atoms with Gasteiger partial charge in [-0.05, 0) is 31.2 Å². The van der Waals surface area contributed by atoms with Crippen molar-refractivity contribution in [3.05, 3.63) is 83.7 Å². The summed E-state index contributed by atoms with van der Waals surface area (Å²) in [6.07, 6.45) is 1.66. The molecule has 0 saturated carbocycles. The maximum absolute atomic E-state index is 12.5. The second kappa shape index (κ2) is 7.32. The van der Waals surface area contributed by atoms with Crippen LogP contribution in [0.4, 0.5) is 0 Å². The first kappa shape index (κ1) is 17.4. The van der Waals surface area contributed by atoms with Gasteiger partial charge in [-0.25, -0.2) is 0 Å². The first-order chi connectivity index (χ1) is 13.6. The van der Waals surface area contributed by atoms with E-state index in [1.807, 2.05) is 43.3 Å². The quantitative estimate of drug-likeness (QED) is 0.482. The van der Waals surface area contributed by atoms with E-state index in [1.165, 1.54) is 0 Å². The molecule has 2 heterocycles. The number of pyridine rings is 1. The van der Waals surface area contributed by atoms with Crippen molar-refractivity contribution in [3.63, 3.8) is 0 Å². The number of hydrogen-bond donors (Lipinski definition) is 3. The highest BCUT2D eigenvalue weighted by Crippen LogP contribution is 2.18. The van der Waals surface area contributed by atoms with Crippen LogP contribution in [-0.4, -0.2) is 27.0 Å². The van der Waals surface area contributed by atoms with Crippen LogP contribution in [-0.2, 0) is 0 Å². The van der Waals surface area contributed by atoms with Gasteiger partial charge in [0.2, 0.25) is 0 Å². The first-order valence-corrected chi connectivity index (χ1v) is 8.69. The van der Waals surface area contributed by atoms with Gasteiger partial charge in [0, 0.05) is 17.1 Å². The van der Waals surface area contributed by atoms with Gasteiger partial charge in [-0.3, -0.25) is 30.5 Å². The molecule has 0 aliphatic carbocycles. The lowest BCUT2D eigenvalue weighted by Crippen LogP contribution is -2.41. The van der Waals surface area contributed by atoms with Gasteiger partial charge in [-0.15, -0.1) is 0 Å². The highest BCUT2D eigenvalue weighted by molar-refractivity contribution is 6.07. The largest absolute Gasteiger partial charge is 0.287 e. The van der Waals surface area contributed by atoms with Crippen molar-refractivity contribution in [2.24, 2.45) is 0 Å². The Morgan fingerprint density at radius 2 is 1.71 bits per heavy atom. The fraction of sp³-hybridized carbons (Fsp3) is 0.0476. The molecule has 0 radical (unpaired) electrons. The van der Waals surface area contributed by atoms with Crippen LogP contribution in [0.2, 0.25) is 0 Å². The van der Waals surface area contributed by atoms with Crippen molar-refractivity contribution in [1.29, 1.82) is 0 Å². The lowest BCUT2D eigenvalue weighted by molar-refractivity contribution is 0.0845. The third-order valence-electron chi connectivity index (χ3n) is 4.35. The van der Waals surface area contributed by atoms with Crippen LogP contribution >= 0.6 is 0 Å². The Bertz CT molecular complexity index is 1160. The van der Waals surface area contributed by atoms with E-state index in [1.54, 1.807) is 30.5 Å². The fourth-order valence-corrected chi connectivity index (χ4v) is 2.86. The number of nitrogens with one attached hydrogen (secondary N) is 3. The lowest BCUT2D eigenvalue weighted by atomic mass is 10.1. The van der Waals surface area contributed by atoms with Gasteiger partial charge < -0.3 is 0 Å². The minimum Gasteiger partial charge on any atom is -0.272 e. The average Bonchev–Trinajstić information content (AvgIpc) is 3.22. The number of nitrogens with zero attached hydrogens (tertiary/aromatic N) is 2. The zero-order chi connectivity index (χ0) is 19.5. The van der Waals surface area contributed by atoms with Gasteiger partial charge in [0.1, 0.15) is 5.69 Å². The molecule has 138 valence electrons. The second-order valence-electron chi connectivity index (χ2n) is 6.32. The minimum absolute atomic E-state index is 0.246. The zero-order valence-corrected chi connectivity index (χ0v) is 15.1. The van der Waals surface area contributed by atoms with E-state index >= 15 is 0 Å². The highest BCUT2D eigenvalue weighted by Gasteiger charge is 2.14. The third-order valence-corrected chi connectivity index (χ3v) is 4.35. The summed E-state index contributed by atoms with van der Waals surface area (Å²) in [6, 6.07) is 18.3. The smallest absolute Gasteiger partial charge is 0.272 e. The van der Waals surface area contributed by atoms with Crippen LogP contribution in [0.25, 0.3) is 22.2 Å². The average molecular weight is 371 g/mol. The number of hydrazine groups is 1. The van der Waals surface area contributed by atoms with Crippen LogP contribution in [0.3, 0.4) is 0 Å². The van der Waals surface area contributed by atoms with Crippen LogP contribution < -0.4 is 10.9 Å². The molecule has 2 aromatic carbocycles. The molecule has 0 spiro atoms. The molecule has 4 rings (SSSR count). The van der Waals surface area contributed by atoms with Gasteiger partial charge >= 0.3 is 0 Å². The number of hydrogen-bond acceptors (Lipinski definition) is 4. The van der Waals surface area contributed by atoms with Crippen molar-refractivity contribution in [1.82, 2.24) is 26.0 Å². The number of carbonyl (C=O) groups is 2. The van der Waals surface area contributed by atoms with Crippen molar-refractivity contribution >= 4 is 22.7 Å². The predicted molar refractivity (Wildman–Crippen MR) is 105 cm³/mol. The Balaban J connectivity index is 1.46. The van der Waals surface area contributed by atoms with Crippen LogP contribution in [0, 0.1) is 6.92 Å². The zero-order valence-electron chi connectivity index (χ0n) is 15.1. The van der Waals surface area contributed by atoms with Gasteiger partial charge in [0.15, 0.2) is 0 Å². The normalized spacial score (nSPS) is 10.6. The summed E-state index contributed by atoms with van der Waals surface area (Å²) < 4.78 is 0. The maximum Gasteiger partial charge on any atom is 0.287 e. The number of H-pyrrole nitrogens is 1. The predicted octanol–water partition coefficient (Wildman–Crippen LogP) is 3.01. The van der Waals surface area contributed by atoms with E-state index < -0.39 is 11.8 Å². The highest BCUT2D eigenvalue weighted by atomic mass is 16.2. The van der Waals surface area contributed by atoms with Crippen molar-refractivity contribution in [3.8, 4) is 11.3 Å². The number of amides is 2. The SMILES string of the molecule is Cc1ccc(-c2cc(C(=O)NNC(=O)c3cccc4ncccc34)[nH]n2)cc1. The van der Waals surface area contributed by atoms with Crippen LogP contribution in [0.5, 0.6) is 0 Å². The Hall–Kier alpha value is -4.00. The third kappa shape index (κ3) is 3.45. The number of benzene rings is 2.